The Kier molecular flexibility index (Phi) is 7.46. The van der Waals surface area contributed by atoms with Gasteiger partial charge >= 0.3 is 0 Å². The minimum atomic E-state index is 0.534. The lowest BCUT2D eigenvalue weighted by atomic mass is 9.96. The molecular formula is C46H28N4O. The topological polar surface area (TPSA) is 75.6 Å². The molecule has 9 rings (SSSR count). The van der Waals surface area contributed by atoms with Crippen molar-refractivity contribution in [3.63, 3.8) is 0 Å². The van der Waals surface area contributed by atoms with E-state index in [2.05, 4.69) is 91.0 Å². The molecule has 0 N–H and O–H groups in total. The first-order valence-electron chi connectivity index (χ1n) is 16.7. The summed E-state index contributed by atoms with van der Waals surface area (Å²) in [6, 6.07) is 59.3. The lowest BCUT2D eigenvalue weighted by Crippen LogP contribution is -2.00. The molecule has 0 unspecified atom stereocenters. The Hall–Kier alpha value is -7.16. The molecule has 2 aromatic heterocycles. The third-order valence-corrected chi connectivity index (χ3v) is 9.20. The normalized spacial score (nSPS) is 11.1. The van der Waals surface area contributed by atoms with Crippen LogP contribution in [0.4, 0.5) is 0 Å². The molecule has 0 bridgehead atoms. The summed E-state index contributed by atoms with van der Waals surface area (Å²) in [6.45, 7) is 0. The molecule has 0 aliphatic carbocycles. The van der Waals surface area contributed by atoms with Crippen LogP contribution in [0.15, 0.2) is 174 Å². The van der Waals surface area contributed by atoms with Gasteiger partial charge in [0.2, 0.25) is 0 Å². The Bertz CT molecular complexity index is 2610. The summed E-state index contributed by atoms with van der Waals surface area (Å²) in [5, 5.41) is 11.5. The number of aromatic nitrogens is 3. The van der Waals surface area contributed by atoms with Gasteiger partial charge in [0, 0.05) is 27.5 Å². The molecule has 0 fully saturated rings. The highest BCUT2D eigenvalue weighted by molar-refractivity contribution is 6.13. The van der Waals surface area contributed by atoms with E-state index in [-0.39, 0.29) is 0 Å². The molecule has 0 amide bonds. The Morgan fingerprint density at radius 1 is 0.392 bits per heavy atom. The lowest BCUT2D eigenvalue weighted by Gasteiger charge is -2.11. The van der Waals surface area contributed by atoms with Crippen LogP contribution in [-0.4, -0.2) is 15.0 Å². The number of hydrogen-bond acceptors (Lipinski definition) is 5. The van der Waals surface area contributed by atoms with Crippen LogP contribution >= 0.6 is 0 Å². The maximum absolute atomic E-state index is 9.47. The first-order valence-corrected chi connectivity index (χ1v) is 16.7. The van der Waals surface area contributed by atoms with Gasteiger partial charge in [-0.15, -0.1) is 0 Å². The molecule has 2 heterocycles. The van der Waals surface area contributed by atoms with Gasteiger partial charge in [0.25, 0.3) is 0 Å². The van der Waals surface area contributed by atoms with Crippen molar-refractivity contribution in [2.75, 3.05) is 0 Å². The van der Waals surface area contributed by atoms with Crippen LogP contribution in [0, 0.1) is 11.3 Å². The monoisotopic (exact) mass is 652 g/mol. The third kappa shape index (κ3) is 5.71. The van der Waals surface area contributed by atoms with Crippen LogP contribution in [-0.2, 0) is 0 Å². The fourth-order valence-electron chi connectivity index (χ4n) is 6.58. The van der Waals surface area contributed by atoms with E-state index >= 15 is 0 Å². The zero-order chi connectivity index (χ0) is 34.1. The van der Waals surface area contributed by atoms with Gasteiger partial charge in [0.05, 0.1) is 11.6 Å². The molecule has 238 valence electrons. The number of para-hydroxylation sites is 1. The summed E-state index contributed by atoms with van der Waals surface area (Å²) in [7, 11) is 0. The number of furan rings is 1. The van der Waals surface area contributed by atoms with Gasteiger partial charge in [-0.25, -0.2) is 15.0 Å². The van der Waals surface area contributed by atoms with E-state index in [1.807, 2.05) is 84.9 Å². The average molecular weight is 653 g/mol. The molecule has 0 saturated carbocycles. The molecule has 51 heavy (non-hydrogen) atoms. The van der Waals surface area contributed by atoms with Crippen molar-refractivity contribution in [1.82, 2.24) is 15.0 Å². The first-order chi connectivity index (χ1) is 25.2. The van der Waals surface area contributed by atoms with Gasteiger partial charge < -0.3 is 4.42 Å². The molecule has 0 saturated heterocycles. The number of hydrogen-bond donors (Lipinski definition) is 0. The quantitative estimate of drug-likeness (QED) is 0.179. The summed E-state index contributed by atoms with van der Waals surface area (Å²) in [5.74, 6) is 1.68. The standard InChI is InChI=1S/C46H28N4O/c47-29-30-15-17-35(18-16-30)40-27-38(28-42-43(40)39-13-7-8-14-41(39)51-42)46-49-44(36-23-19-33(20-24-36)31-9-3-1-4-10-31)48-45(50-46)37-25-21-34(22-26-37)32-11-5-2-6-12-32/h1-28H. The van der Waals surface area contributed by atoms with Gasteiger partial charge in [-0.1, -0.05) is 140 Å². The lowest BCUT2D eigenvalue weighted by molar-refractivity contribution is 0.669. The largest absolute Gasteiger partial charge is 0.456 e. The Morgan fingerprint density at radius 2 is 0.843 bits per heavy atom. The van der Waals surface area contributed by atoms with Crippen LogP contribution in [0.1, 0.15) is 5.56 Å². The first kappa shape index (κ1) is 29.9. The summed E-state index contributed by atoms with van der Waals surface area (Å²) in [5.41, 5.74) is 11.2. The van der Waals surface area contributed by atoms with E-state index < -0.39 is 0 Å². The Morgan fingerprint density at radius 3 is 1.39 bits per heavy atom. The van der Waals surface area contributed by atoms with Crippen molar-refractivity contribution >= 4 is 21.9 Å². The average Bonchev–Trinajstić information content (AvgIpc) is 3.60. The molecule has 5 nitrogen and oxygen atoms in total. The second-order valence-electron chi connectivity index (χ2n) is 12.4. The number of nitrogens with zero attached hydrogens (tertiary/aromatic N) is 4. The Labute approximate surface area is 294 Å². The molecular weight excluding hydrogens is 625 g/mol. The Balaban J connectivity index is 1.22. The van der Waals surface area contributed by atoms with Crippen LogP contribution in [0.5, 0.6) is 0 Å². The molecule has 0 aliphatic rings. The number of rotatable bonds is 6. The molecule has 7 aromatic carbocycles. The summed E-state index contributed by atoms with van der Waals surface area (Å²) < 4.78 is 6.44. The van der Waals surface area contributed by atoms with E-state index in [0.717, 1.165) is 72.0 Å². The third-order valence-electron chi connectivity index (χ3n) is 9.20. The van der Waals surface area contributed by atoms with Crippen molar-refractivity contribution in [1.29, 1.82) is 5.26 Å². The summed E-state index contributed by atoms with van der Waals surface area (Å²) >= 11 is 0. The number of nitriles is 1. The van der Waals surface area contributed by atoms with Crippen LogP contribution in [0.25, 0.3) is 89.5 Å². The SMILES string of the molecule is N#Cc1ccc(-c2cc(-c3nc(-c4ccc(-c5ccccc5)cc4)nc(-c4ccc(-c5ccccc5)cc4)n3)cc3oc4ccccc4c23)cc1. The van der Waals surface area contributed by atoms with Gasteiger partial charge in [0.15, 0.2) is 17.5 Å². The van der Waals surface area contributed by atoms with E-state index in [1.165, 1.54) is 0 Å². The van der Waals surface area contributed by atoms with Crippen molar-refractivity contribution in [2.45, 2.75) is 0 Å². The highest BCUT2D eigenvalue weighted by atomic mass is 16.3. The van der Waals surface area contributed by atoms with E-state index in [0.29, 0.717) is 23.0 Å². The number of benzene rings is 7. The maximum Gasteiger partial charge on any atom is 0.164 e. The predicted octanol–water partition coefficient (Wildman–Crippen LogP) is 11.6. The minimum Gasteiger partial charge on any atom is -0.456 e. The second kappa shape index (κ2) is 12.7. The molecule has 9 aromatic rings. The van der Waals surface area contributed by atoms with E-state index in [9.17, 15) is 5.26 Å². The molecule has 5 heteroatoms. The van der Waals surface area contributed by atoms with Crippen molar-refractivity contribution in [3.05, 3.63) is 175 Å². The molecule has 0 radical (unpaired) electrons. The van der Waals surface area contributed by atoms with Gasteiger partial charge in [-0.3, -0.25) is 0 Å². The summed E-state index contributed by atoms with van der Waals surface area (Å²) in [4.78, 5) is 15.2. The van der Waals surface area contributed by atoms with Gasteiger partial charge in [-0.2, -0.15) is 5.26 Å². The van der Waals surface area contributed by atoms with Gasteiger partial charge in [-0.05, 0) is 63.7 Å². The van der Waals surface area contributed by atoms with Crippen molar-refractivity contribution in [2.24, 2.45) is 0 Å². The highest BCUT2D eigenvalue weighted by Gasteiger charge is 2.19. The fourth-order valence-corrected chi connectivity index (χ4v) is 6.58. The fraction of sp³-hybridized carbons (Fsp3) is 0. The molecule has 0 aliphatic heterocycles. The molecule has 0 spiro atoms. The smallest absolute Gasteiger partial charge is 0.164 e. The maximum atomic E-state index is 9.47. The van der Waals surface area contributed by atoms with Crippen molar-refractivity contribution < 1.29 is 4.42 Å². The predicted molar refractivity (Wildman–Crippen MR) is 204 cm³/mol. The zero-order valence-electron chi connectivity index (χ0n) is 27.4. The van der Waals surface area contributed by atoms with Crippen LogP contribution < -0.4 is 0 Å². The minimum absolute atomic E-state index is 0.534. The van der Waals surface area contributed by atoms with Gasteiger partial charge in [0.1, 0.15) is 11.2 Å². The van der Waals surface area contributed by atoms with E-state index in [4.69, 9.17) is 19.4 Å². The molecule has 0 atom stereocenters. The van der Waals surface area contributed by atoms with E-state index in [1.54, 1.807) is 0 Å². The van der Waals surface area contributed by atoms with Crippen LogP contribution in [0.3, 0.4) is 0 Å². The van der Waals surface area contributed by atoms with Crippen molar-refractivity contribution in [3.8, 4) is 73.6 Å². The zero-order valence-corrected chi connectivity index (χ0v) is 27.4. The summed E-state index contributed by atoms with van der Waals surface area (Å²) in [6.07, 6.45) is 0. The highest BCUT2D eigenvalue weighted by Crippen LogP contribution is 2.40. The van der Waals surface area contributed by atoms with Crippen LogP contribution in [0.2, 0.25) is 0 Å². The number of fused-ring (bicyclic) bond motifs is 3. The second-order valence-corrected chi connectivity index (χ2v) is 12.4.